The summed E-state index contributed by atoms with van der Waals surface area (Å²) in [6.45, 7) is 0. The Balaban J connectivity index is 2.45. The van der Waals surface area contributed by atoms with Gasteiger partial charge in [-0.1, -0.05) is 30.3 Å². The van der Waals surface area contributed by atoms with E-state index in [1.54, 1.807) is 13.1 Å². The zero-order valence-corrected chi connectivity index (χ0v) is 8.73. The van der Waals surface area contributed by atoms with Gasteiger partial charge in [0.1, 0.15) is 0 Å². The Hall–Kier alpha value is -2.16. The predicted molar refractivity (Wildman–Crippen MR) is 61.7 cm³/mol. The average molecular weight is 211 g/mol. The van der Waals surface area contributed by atoms with Crippen LogP contribution in [-0.2, 0) is 4.79 Å². The van der Waals surface area contributed by atoms with Crippen LogP contribution in [0.3, 0.4) is 0 Å². The first-order chi connectivity index (χ1) is 7.70. The molecule has 0 saturated carbocycles. The molecule has 2 aromatic carbocycles. The van der Waals surface area contributed by atoms with E-state index in [-0.39, 0.29) is 0 Å². The van der Waals surface area contributed by atoms with E-state index in [2.05, 4.69) is 0 Å². The van der Waals surface area contributed by atoms with Gasteiger partial charge in [-0.05, 0) is 11.5 Å². The van der Waals surface area contributed by atoms with Crippen LogP contribution in [0.2, 0.25) is 0 Å². The molecule has 0 fully saturated rings. The van der Waals surface area contributed by atoms with Gasteiger partial charge < -0.3 is 4.90 Å². The van der Waals surface area contributed by atoms with Crippen molar-refractivity contribution < 1.29 is 9.59 Å². The highest BCUT2D eigenvalue weighted by Gasteiger charge is 2.34. The Morgan fingerprint density at radius 3 is 2.56 bits per heavy atom. The Morgan fingerprint density at radius 1 is 1.00 bits per heavy atom. The largest absolute Gasteiger partial charge is 0.307 e. The average Bonchev–Trinajstić information content (AvgIpc) is 2.55. The van der Waals surface area contributed by atoms with Crippen molar-refractivity contribution in [2.75, 3.05) is 11.9 Å². The maximum Gasteiger partial charge on any atom is 0.299 e. The summed E-state index contributed by atoms with van der Waals surface area (Å²) < 4.78 is 0. The standard InChI is InChI=1S/C13H9NO2/c1-14-11-9-5-3-2-4-8(9)6-7-10(11)12(15)13(14)16/h2-7H,1H3. The first-order valence-electron chi connectivity index (χ1n) is 5.04. The van der Waals surface area contributed by atoms with Crippen molar-refractivity contribution in [2.24, 2.45) is 0 Å². The molecule has 0 aromatic heterocycles. The molecule has 1 heterocycles. The number of hydrogen-bond donors (Lipinski definition) is 0. The molecular weight excluding hydrogens is 202 g/mol. The van der Waals surface area contributed by atoms with Crippen LogP contribution in [0.1, 0.15) is 10.4 Å². The fourth-order valence-corrected chi connectivity index (χ4v) is 2.17. The number of hydrogen-bond acceptors (Lipinski definition) is 2. The molecule has 0 spiro atoms. The summed E-state index contributed by atoms with van der Waals surface area (Å²) in [5.41, 5.74) is 1.24. The molecule has 0 unspecified atom stereocenters. The minimum absolute atomic E-state index is 0.414. The lowest BCUT2D eigenvalue weighted by Crippen LogP contribution is -2.24. The third-order valence-electron chi connectivity index (χ3n) is 2.98. The molecule has 0 radical (unpaired) electrons. The van der Waals surface area contributed by atoms with Crippen molar-refractivity contribution in [2.45, 2.75) is 0 Å². The lowest BCUT2D eigenvalue weighted by Gasteiger charge is -2.11. The van der Waals surface area contributed by atoms with E-state index in [4.69, 9.17) is 0 Å². The molecule has 1 amide bonds. The van der Waals surface area contributed by atoms with Crippen molar-refractivity contribution in [3.63, 3.8) is 0 Å². The van der Waals surface area contributed by atoms with Gasteiger partial charge in [-0.15, -0.1) is 0 Å². The Kier molecular flexibility index (Phi) is 1.66. The van der Waals surface area contributed by atoms with Crippen molar-refractivity contribution in [3.05, 3.63) is 42.0 Å². The number of nitrogens with zero attached hydrogens (tertiary/aromatic N) is 1. The number of rotatable bonds is 0. The normalized spacial score (nSPS) is 14.7. The second kappa shape index (κ2) is 2.92. The van der Waals surface area contributed by atoms with E-state index in [1.807, 2.05) is 30.3 Å². The third-order valence-corrected chi connectivity index (χ3v) is 2.98. The van der Waals surface area contributed by atoms with Crippen LogP contribution >= 0.6 is 0 Å². The summed E-state index contributed by atoms with van der Waals surface area (Å²) in [6, 6.07) is 11.3. The monoisotopic (exact) mass is 211 g/mol. The lowest BCUT2D eigenvalue weighted by molar-refractivity contribution is -0.114. The number of carbonyl (C=O) groups excluding carboxylic acids is 2. The zero-order chi connectivity index (χ0) is 11.3. The van der Waals surface area contributed by atoms with E-state index in [9.17, 15) is 9.59 Å². The topological polar surface area (TPSA) is 37.4 Å². The van der Waals surface area contributed by atoms with Gasteiger partial charge in [0.05, 0.1) is 11.3 Å². The van der Waals surface area contributed by atoms with Crippen molar-refractivity contribution in [1.29, 1.82) is 0 Å². The van der Waals surface area contributed by atoms with Gasteiger partial charge in [0, 0.05) is 12.4 Å². The minimum Gasteiger partial charge on any atom is -0.307 e. The molecule has 3 nitrogen and oxygen atoms in total. The smallest absolute Gasteiger partial charge is 0.299 e. The summed E-state index contributed by atoms with van der Waals surface area (Å²) in [5, 5.41) is 1.98. The van der Waals surface area contributed by atoms with Crippen LogP contribution in [0.5, 0.6) is 0 Å². The predicted octanol–water partition coefficient (Wildman–Crippen LogP) is 2.00. The Labute approximate surface area is 92.3 Å². The van der Waals surface area contributed by atoms with Crippen LogP contribution in [0.15, 0.2) is 36.4 Å². The van der Waals surface area contributed by atoms with Crippen LogP contribution in [0, 0.1) is 0 Å². The molecule has 0 N–H and O–H groups in total. The number of anilines is 1. The van der Waals surface area contributed by atoms with Crippen molar-refractivity contribution in [3.8, 4) is 0 Å². The Bertz CT molecular complexity index is 631. The number of fused-ring (bicyclic) bond motifs is 3. The number of likely N-dealkylation sites (N-methyl/N-ethyl adjacent to an activating group) is 1. The first kappa shape index (κ1) is 9.09. The molecule has 0 aliphatic carbocycles. The van der Waals surface area contributed by atoms with Gasteiger partial charge in [0.2, 0.25) is 0 Å². The molecule has 78 valence electrons. The van der Waals surface area contributed by atoms with Gasteiger partial charge in [-0.2, -0.15) is 0 Å². The van der Waals surface area contributed by atoms with Crippen LogP contribution in [0.25, 0.3) is 10.8 Å². The van der Waals surface area contributed by atoms with Gasteiger partial charge >= 0.3 is 0 Å². The molecule has 0 atom stereocenters. The Morgan fingerprint density at radius 2 is 1.75 bits per heavy atom. The van der Waals surface area contributed by atoms with E-state index in [1.165, 1.54) is 4.90 Å². The molecule has 1 aliphatic rings. The molecule has 3 heteroatoms. The van der Waals surface area contributed by atoms with E-state index >= 15 is 0 Å². The van der Waals surface area contributed by atoms with Crippen LogP contribution < -0.4 is 4.90 Å². The first-order valence-corrected chi connectivity index (χ1v) is 5.04. The maximum absolute atomic E-state index is 11.7. The third kappa shape index (κ3) is 0.972. The second-order valence-electron chi connectivity index (χ2n) is 3.88. The van der Waals surface area contributed by atoms with E-state index in [0.29, 0.717) is 5.56 Å². The highest BCUT2D eigenvalue weighted by Crippen LogP contribution is 2.35. The summed E-state index contributed by atoms with van der Waals surface area (Å²) >= 11 is 0. The maximum atomic E-state index is 11.7. The molecule has 3 rings (SSSR count). The van der Waals surface area contributed by atoms with Crippen LogP contribution in [-0.4, -0.2) is 18.7 Å². The van der Waals surface area contributed by atoms with Crippen molar-refractivity contribution in [1.82, 2.24) is 0 Å². The van der Waals surface area contributed by atoms with E-state index in [0.717, 1.165) is 16.5 Å². The number of carbonyl (C=O) groups is 2. The molecule has 2 aromatic rings. The number of Topliss-reactive ketones (excluding diaryl/α,β-unsaturated/α-hetero) is 1. The fraction of sp³-hybridized carbons (Fsp3) is 0.0769. The quantitative estimate of drug-likeness (QED) is 0.625. The molecule has 16 heavy (non-hydrogen) atoms. The highest BCUT2D eigenvalue weighted by molar-refractivity contribution is 6.53. The van der Waals surface area contributed by atoms with Gasteiger partial charge in [-0.3, -0.25) is 9.59 Å². The van der Waals surface area contributed by atoms with E-state index < -0.39 is 11.7 Å². The van der Waals surface area contributed by atoms with Gasteiger partial charge in [0.15, 0.2) is 0 Å². The SMILES string of the molecule is CN1C(=O)C(=O)c2ccc3ccccc3c21. The molecule has 0 saturated heterocycles. The van der Waals surface area contributed by atoms with Gasteiger partial charge in [-0.25, -0.2) is 0 Å². The second-order valence-corrected chi connectivity index (χ2v) is 3.88. The lowest BCUT2D eigenvalue weighted by atomic mass is 10.0. The highest BCUT2D eigenvalue weighted by atomic mass is 16.2. The van der Waals surface area contributed by atoms with Crippen molar-refractivity contribution >= 4 is 28.2 Å². The van der Waals surface area contributed by atoms with Crippen LogP contribution in [0.4, 0.5) is 5.69 Å². The summed E-state index contributed by atoms with van der Waals surface area (Å²) in [6.07, 6.45) is 0. The summed E-state index contributed by atoms with van der Waals surface area (Å²) in [4.78, 5) is 24.7. The zero-order valence-electron chi connectivity index (χ0n) is 8.73. The minimum atomic E-state index is -0.452. The summed E-state index contributed by atoms with van der Waals surface area (Å²) in [7, 11) is 1.64. The number of amides is 1. The molecular formula is C13H9NO2. The fourth-order valence-electron chi connectivity index (χ4n) is 2.17. The molecule has 0 bridgehead atoms. The number of benzene rings is 2. The summed E-state index contributed by atoms with van der Waals surface area (Å²) in [5.74, 6) is -0.866. The van der Waals surface area contributed by atoms with Gasteiger partial charge in [0.25, 0.3) is 11.7 Å². The molecule has 1 aliphatic heterocycles. The number of ketones is 1.